The van der Waals surface area contributed by atoms with Gasteiger partial charge in [0, 0.05) is 20.4 Å². The number of carboxylic acid groups (broad SMARTS) is 1. The van der Waals surface area contributed by atoms with Gasteiger partial charge in [-0.3, -0.25) is 4.79 Å². The topological polar surface area (TPSA) is 80.6 Å². The van der Waals surface area contributed by atoms with Gasteiger partial charge >= 0.3 is 5.97 Å². The summed E-state index contributed by atoms with van der Waals surface area (Å²) in [5.74, 6) is -1.53. The van der Waals surface area contributed by atoms with E-state index in [0.29, 0.717) is 10.7 Å². The van der Waals surface area contributed by atoms with Crippen molar-refractivity contribution >= 4 is 23.5 Å². The molecule has 0 aliphatic carbocycles. The maximum absolute atomic E-state index is 11.7. The molecule has 0 fully saturated rings. The highest BCUT2D eigenvalue weighted by Gasteiger charge is 2.18. The third-order valence-electron chi connectivity index (χ3n) is 2.21. The first-order valence-corrected chi connectivity index (χ1v) is 5.19. The largest absolute Gasteiger partial charge is 0.479 e. The summed E-state index contributed by atoms with van der Waals surface area (Å²) in [5, 5.41) is 11.6. The van der Waals surface area contributed by atoms with Crippen molar-refractivity contribution in [1.29, 1.82) is 0 Å². The van der Waals surface area contributed by atoms with Crippen LogP contribution in [-0.4, -0.2) is 41.3 Å². The third-order valence-corrected chi connectivity index (χ3v) is 2.42. The number of halogens is 1. The van der Waals surface area contributed by atoms with E-state index in [9.17, 15) is 9.59 Å². The maximum atomic E-state index is 11.7. The molecule has 1 aromatic heterocycles. The summed E-state index contributed by atoms with van der Waals surface area (Å²) in [6.45, 7) is -0.104. The van der Waals surface area contributed by atoms with Crippen molar-refractivity contribution < 1.29 is 19.4 Å². The highest BCUT2D eigenvalue weighted by molar-refractivity contribution is 6.31. The molecule has 1 amide bonds. The number of nitrogens with one attached hydrogen (secondary N) is 1. The van der Waals surface area contributed by atoms with E-state index in [1.807, 2.05) is 0 Å². The second kappa shape index (κ2) is 5.70. The number of aromatic nitrogens is 1. The number of aliphatic carboxylic acids is 1. The van der Waals surface area contributed by atoms with Crippen LogP contribution in [0.1, 0.15) is 10.5 Å². The zero-order valence-corrected chi connectivity index (χ0v) is 10.2. The minimum atomic E-state index is -1.13. The van der Waals surface area contributed by atoms with Gasteiger partial charge in [0.2, 0.25) is 0 Å². The Kier molecular flexibility index (Phi) is 4.53. The van der Waals surface area contributed by atoms with Crippen molar-refractivity contribution in [3.8, 4) is 0 Å². The molecule has 0 saturated heterocycles. The fourth-order valence-corrected chi connectivity index (χ4v) is 1.55. The molecule has 17 heavy (non-hydrogen) atoms. The van der Waals surface area contributed by atoms with Crippen LogP contribution in [0, 0.1) is 0 Å². The molecule has 0 aliphatic heterocycles. The quantitative estimate of drug-likeness (QED) is 0.808. The Morgan fingerprint density at radius 1 is 1.65 bits per heavy atom. The summed E-state index contributed by atoms with van der Waals surface area (Å²) in [6, 6.07) is 1.50. The van der Waals surface area contributed by atoms with Crippen LogP contribution in [-0.2, 0) is 16.6 Å². The van der Waals surface area contributed by atoms with Crippen molar-refractivity contribution in [3.05, 3.63) is 23.0 Å². The lowest BCUT2D eigenvalue weighted by atomic mass is 10.3. The van der Waals surface area contributed by atoms with E-state index in [0.717, 1.165) is 0 Å². The Bertz CT molecular complexity index is 430. The Hall–Kier alpha value is -1.53. The minimum absolute atomic E-state index is 0.104. The lowest BCUT2D eigenvalue weighted by Crippen LogP contribution is -2.38. The van der Waals surface area contributed by atoms with Crippen LogP contribution in [0.3, 0.4) is 0 Å². The zero-order chi connectivity index (χ0) is 13.0. The van der Waals surface area contributed by atoms with E-state index in [2.05, 4.69) is 10.1 Å². The highest BCUT2D eigenvalue weighted by atomic mass is 35.5. The van der Waals surface area contributed by atoms with Gasteiger partial charge in [-0.25, -0.2) is 4.79 Å². The monoisotopic (exact) mass is 260 g/mol. The van der Waals surface area contributed by atoms with Crippen LogP contribution in [0.5, 0.6) is 0 Å². The van der Waals surface area contributed by atoms with Crippen LogP contribution in [0.25, 0.3) is 0 Å². The van der Waals surface area contributed by atoms with Gasteiger partial charge in [-0.1, -0.05) is 11.6 Å². The predicted octanol–water partition coefficient (Wildman–Crippen LogP) is 0.508. The molecule has 0 spiro atoms. The van der Waals surface area contributed by atoms with Gasteiger partial charge in [-0.05, 0) is 6.07 Å². The minimum Gasteiger partial charge on any atom is -0.479 e. The number of hydrogen-bond acceptors (Lipinski definition) is 3. The van der Waals surface area contributed by atoms with E-state index in [1.54, 1.807) is 17.8 Å². The fourth-order valence-electron chi connectivity index (χ4n) is 1.30. The Morgan fingerprint density at radius 2 is 2.29 bits per heavy atom. The molecule has 7 heteroatoms. The van der Waals surface area contributed by atoms with E-state index < -0.39 is 18.0 Å². The van der Waals surface area contributed by atoms with Crippen LogP contribution in [0.15, 0.2) is 12.3 Å². The molecule has 1 heterocycles. The van der Waals surface area contributed by atoms with E-state index in [4.69, 9.17) is 16.7 Å². The summed E-state index contributed by atoms with van der Waals surface area (Å²) < 4.78 is 6.24. The molecule has 0 bridgehead atoms. The van der Waals surface area contributed by atoms with E-state index in [-0.39, 0.29) is 6.54 Å². The van der Waals surface area contributed by atoms with Crippen LogP contribution < -0.4 is 5.32 Å². The first-order valence-electron chi connectivity index (χ1n) is 4.81. The van der Waals surface area contributed by atoms with Gasteiger partial charge in [0.25, 0.3) is 5.91 Å². The van der Waals surface area contributed by atoms with Crippen molar-refractivity contribution in [2.75, 3.05) is 13.7 Å². The molecular formula is C10H13ClN2O4. The summed E-state index contributed by atoms with van der Waals surface area (Å²) >= 11 is 5.73. The number of carboxylic acids is 1. The van der Waals surface area contributed by atoms with E-state index in [1.165, 1.54) is 13.2 Å². The Labute approximate surface area is 103 Å². The SMILES string of the molecule is COC(CNC(=O)c1cc(Cl)cn1C)C(=O)O. The predicted molar refractivity (Wildman–Crippen MR) is 61.2 cm³/mol. The van der Waals surface area contributed by atoms with E-state index >= 15 is 0 Å². The van der Waals surface area contributed by atoms with Gasteiger partial charge in [0.1, 0.15) is 5.69 Å². The average Bonchev–Trinajstić information content (AvgIpc) is 2.58. The molecule has 1 aromatic rings. The molecule has 1 atom stereocenters. The average molecular weight is 261 g/mol. The molecule has 0 aromatic carbocycles. The standard InChI is InChI=1S/C10H13ClN2O4/c1-13-5-6(11)3-7(13)9(14)12-4-8(17-2)10(15)16/h3,5,8H,4H2,1-2H3,(H,12,14)(H,15,16). The normalized spacial score (nSPS) is 12.2. The molecule has 2 N–H and O–H groups in total. The maximum Gasteiger partial charge on any atom is 0.334 e. The van der Waals surface area contributed by atoms with Gasteiger partial charge < -0.3 is 19.7 Å². The second-order valence-corrected chi connectivity index (χ2v) is 3.86. The number of aryl methyl sites for hydroxylation is 1. The highest BCUT2D eigenvalue weighted by Crippen LogP contribution is 2.12. The number of nitrogens with zero attached hydrogens (tertiary/aromatic N) is 1. The molecule has 0 saturated carbocycles. The molecule has 0 radical (unpaired) electrons. The first kappa shape index (κ1) is 13.5. The number of carbonyl (C=O) groups is 2. The molecule has 1 unspecified atom stereocenters. The molecule has 0 aliphatic rings. The molecule has 6 nitrogen and oxygen atoms in total. The third kappa shape index (κ3) is 3.47. The number of ether oxygens (including phenoxy) is 1. The van der Waals surface area contributed by atoms with Crippen molar-refractivity contribution in [2.45, 2.75) is 6.10 Å². The molecule has 94 valence electrons. The number of rotatable bonds is 5. The van der Waals surface area contributed by atoms with Crippen LogP contribution >= 0.6 is 11.6 Å². The van der Waals surface area contributed by atoms with Gasteiger partial charge in [-0.2, -0.15) is 0 Å². The lowest BCUT2D eigenvalue weighted by Gasteiger charge is -2.11. The van der Waals surface area contributed by atoms with Crippen LogP contribution in [0.4, 0.5) is 0 Å². The smallest absolute Gasteiger partial charge is 0.334 e. The Morgan fingerprint density at radius 3 is 2.71 bits per heavy atom. The number of amides is 1. The second-order valence-electron chi connectivity index (χ2n) is 3.43. The van der Waals surface area contributed by atoms with Crippen molar-refractivity contribution in [3.63, 3.8) is 0 Å². The van der Waals surface area contributed by atoms with Gasteiger partial charge in [-0.15, -0.1) is 0 Å². The van der Waals surface area contributed by atoms with Crippen molar-refractivity contribution in [2.24, 2.45) is 7.05 Å². The zero-order valence-electron chi connectivity index (χ0n) is 9.44. The van der Waals surface area contributed by atoms with Crippen molar-refractivity contribution in [1.82, 2.24) is 9.88 Å². The first-order chi connectivity index (χ1) is 7.95. The summed E-state index contributed by atoms with van der Waals surface area (Å²) in [5.41, 5.74) is 0.357. The molecule has 1 rings (SSSR count). The number of hydrogen-bond donors (Lipinski definition) is 2. The lowest BCUT2D eigenvalue weighted by molar-refractivity contribution is -0.148. The summed E-state index contributed by atoms with van der Waals surface area (Å²) in [6.07, 6.45) is 0.524. The summed E-state index contributed by atoms with van der Waals surface area (Å²) in [4.78, 5) is 22.3. The van der Waals surface area contributed by atoms with Crippen LogP contribution in [0.2, 0.25) is 5.02 Å². The number of carbonyl (C=O) groups excluding carboxylic acids is 1. The fraction of sp³-hybridized carbons (Fsp3) is 0.400. The summed E-state index contributed by atoms with van der Waals surface area (Å²) in [7, 11) is 2.94. The van der Waals surface area contributed by atoms with Gasteiger partial charge in [0.15, 0.2) is 6.10 Å². The Balaban J connectivity index is 2.61. The van der Waals surface area contributed by atoms with Gasteiger partial charge in [0.05, 0.1) is 11.6 Å². The number of methoxy groups -OCH3 is 1. The molecular weight excluding hydrogens is 248 g/mol.